The lowest BCUT2D eigenvalue weighted by atomic mass is 9.92. The van der Waals surface area contributed by atoms with Gasteiger partial charge in [0.05, 0.1) is 10.7 Å². The molecule has 0 saturated carbocycles. The van der Waals surface area contributed by atoms with E-state index in [9.17, 15) is 14.4 Å². The van der Waals surface area contributed by atoms with Crippen LogP contribution in [0.15, 0.2) is 30.3 Å². The van der Waals surface area contributed by atoms with Crippen LogP contribution in [0.5, 0.6) is 11.5 Å². The van der Waals surface area contributed by atoms with E-state index in [0.717, 1.165) is 4.90 Å². The Morgan fingerprint density at radius 3 is 2.45 bits per heavy atom. The Labute approximate surface area is 192 Å². The Morgan fingerprint density at radius 1 is 1.10 bits per heavy atom. The summed E-state index contributed by atoms with van der Waals surface area (Å²) in [5, 5.41) is 6.03. The highest BCUT2D eigenvalue weighted by Gasteiger charge is 2.50. The van der Waals surface area contributed by atoms with E-state index in [0.29, 0.717) is 35.3 Å². The number of anilines is 1. The Bertz CT molecular complexity index is 1110. The number of hydrogen-bond acceptors (Lipinski definition) is 5. The Balaban J connectivity index is 1.51. The van der Waals surface area contributed by atoms with Gasteiger partial charge in [-0.3, -0.25) is 14.5 Å². The molecule has 1 fully saturated rings. The molecule has 162 valence electrons. The number of rotatable bonds is 4. The SMILES string of the molecule is CC1(c2ccc(Cl)cc2Cl)NC(=O)N(CC(=O)Nc2cc3c(cc2Cl)OCCO3)C1=O. The van der Waals surface area contributed by atoms with Gasteiger partial charge in [0.15, 0.2) is 11.5 Å². The fourth-order valence-electron chi connectivity index (χ4n) is 3.41. The second-order valence-electron chi connectivity index (χ2n) is 7.09. The molecule has 2 N–H and O–H groups in total. The van der Waals surface area contributed by atoms with Crippen LogP contribution in [-0.4, -0.2) is 42.5 Å². The first-order chi connectivity index (χ1) is 14.7. The summed E-state index contributed by atoms with van der Waals surface area (Å²) in [5.74, 6) is -0.330. The first-order valence-corrected chi connectivity index (χ1v) is 10.3. The van der Waals surface area contributed by atoms with E-state index in [1.165, 1.54) is 25.1 Å². The second-order valence-corrected chi connectivity index (χ2v) is 8.35. The van der Waals surface area contributed by atoms with E-state index in [4.69, 9.17) is 44.3 Å². The van der Waals surface area contributed by atoms with Gasteiger partial charge in [0, 0.05) is 27.7 Å². The van der Waals surface area contributed by atoms with Crippen molar-refractivity contribution < 1.29 is 23.9 Å². The van der Waals surface area contributed by atoms with Crippen molar-refractivity contribution in [2.75, 3.05) is 25.1 Å². The number of amides is 4. The summed E-state index contributed by atoms with van der Waals surface area (Å²) in [6, 6.07) is 6.93. The molecule has 0 radical (unpaired) electrons. The van der Waals surface area contributed by atoms with Crippen molar-refractivity contribution in [2.24, 2.45) is 0 Å². The molecule has 2 heterocycles. The standard InChI is InChI=1S/C20H16Cl3N3O5/c1-20(11-3-2-10(21)6-12(11)22)18(28)26(19(29)25-20)9-17(27)24-14-8-16-15(7-13(14)23)30-4-5-31-16/h2-3,6-8H,4-5,9H2,1H3,(H,24,27)(H,25,29). The summed E-state index contributed by atoms with van der Waals surface area (Å²) in [4.78, 5) is 38.9. The summed E-state index contributed by atoms with van der Waals surface area (Å²) < 4.78 is 10.9. The van der Waals surface area contributed by atoms with Gasteiger partial charge in [-0.05, 0) is 19.1 Å². The average Bonchev–Trinajstić information content (AvgIpc) is 2.92. The van der Waals surface area contributed by atoms with Gasteiger partial charge >= 0.3 is 6.03 Å². The molecule has 0 spiro atoms. The second kappa shape index (κ2) is 8.11. The monoisotopic (exact) mass is 483 g/mol. The zero-order valence-corrected chi connectivity index (χ0v) is 18.4. The van der Waals surface area contributed by atoms with E-state index in [1.807, 2.05) is 0 Å². The maximum atomic E-state index is 13.0. The van der Waals surface area contributed by atoms with Crippen LogP contribution in [0.3, 0.4) is 0 Å². The number of halogens is 3. The van der Waals surface area contributed by atoms with Gasteiger partial charge in [0.2, 0.25) is 5.91 Å². The third kappa shape index (κ3) is 3.98. The van der Waals surface area contributed by atoms with Crippen LogP contribution in [-0.2, 0) is 15.1 Å². The number of nitrogens with one attached hydrogen (secondary N) is 2. The number of imide groups is 1. The maximum absolute atomic E-state index is 13.0. The first kappa shape index (κ1) is 21.5. The van der Waals surface area contributed by atoms with Gasteiger partial charge in [0.1, 0.15) is 25.3 Å². The largest absolute Gasteiger partial charge is 0.486 e. The predicted molar refractivity (Wildman–Crippen MR) is 115 cm³/mol. The fourth-order valence-corrected chi connectivity index (χ4v) is 4.21. The van der Waals surface area contributed by atoms with Crippen LogP contribution >= 0.6 is 34.8 Å². The molecule has 31 heavy (non-hydrogen) atoms. The Hall–Kier alpha value is -2.68. The van der Waals surface area contributed by atoms with Gasteiger partial charge in [-0.1, -0.05) is 40.9 Å². The lowest BCUT2D eigenvalue weighted by Gasteiger charge is -2.23. The van der Waals surface area contributed by atoms with Crippen molar-refractivity contribution in [1.29, 1.82) is 0 Å². The van der Waals surface area contributed by atoms with Gasteiger partial charge in [-0.15, -0.1) is 0 Å². The topological polar surface area (TPSA) is 97.0 Å². The zero-order valence-electron chi connectivity index (χ0n) is 16.1. The molecule has 4 rings (SSSR count). The number of hydrogen-bond donors (Lipinski definition) is 2. The van der Waals surface area contributed by atoms with Gasteiger partial charge < -0.3 is 20.1 Å². The summed E-state index contributed by atoms with van der Waals surface area (Å²) in [6.45, 7) is 1.77. The number of urea groups is 1. The zero-order chi connectivity index (χ0) is 22.3. The molecule has 1 atom stereocenters. The smallest absolute Gasteiger partial charge is 0.325 e. The van der Waals surface area contributed by atoms with Crippen molar-refractivity contribution in [3.8, 4) is 11.5 Å². The molecule has 0 aliphatic carbocycles. The van der Waals surface area contributed by atoms with Gasteiger partial charge in [-0.25, -0.2) is 4.79 Å². The van der Waals surface area contributed by atoms with E-state index < -0.39 is 29.9 Å². The fraction of sp³-hybridized carbons (Fsp3) is 0.250. The number of ether oxygens (including phenoxy) is 2. The van der Waals surface area contributed by atoms with Crippen molar-refractivity contribution >= 4 is 58.3 Å². The molecular formula is C20H16Cl3N3O5. The average molecular weight is 485 g/mol. The normalized spacial score (nSPS) is 19.9. The number of nitrogens with zero attached hydrogens (tertiary/aromatic N) is 1. The summed E-state index contributed by atoms with van der Waals surface area (Å²) in [7, 11) is 0. The molecule has 1 saturated heterocycles. The molecule has 0 bridgehead atoms. The lowest BCUT2D eigenvalue weighted by molar-refractivity contribution is -0.133. The number of benzene rings is 2. The highest BCUT2D eigenvalue weighted by atomic mass is 35.5. The number of carbonyl (C=O) groups excluding carboxylic acids is 3. The Morgan fingerprint density at radius 2 is 1.77 bits per heavy atom. The highest BCUT2D eigenvalue weighted by molar-refractivity contribution is 6.35. The van der Waals surface area contributed by atoms with Crippen molar-refractivity contribution in [2.45, 2.75) is 12.5 Å². The molecular weight excluding hydrogens is 469 g/mol. The predicted octanol–water partition coefficient (Wildman–Crippen LogP) is 3.82. The molecule has 1 unspecified atom stereocenters. The quantitative estimate of drug-likeness (QED) is 0.643. The van der Waals surface area contributed by atoms with Crippen LogP contribution in [0.4, 0.5) is 10.5 Å². The number of fused-ring (bicyclic) bond motifs is 1. The van der Waals surface area contributed by atoms with Crippen molar-refractivity contribution in [3.63, 3.8) is 0 Å². The van der Waals surface area contributed by atoms with Crippen LogP contribution < -0.4 is 20.1 Å². The molecule has 2 aromatic rings. The van der Waals surface area contributed by atoms with Gasteiger partial charge in [-0.2, -0.15) is 0 Å². The van der Waals surface area contributed by atoms with Crippen molar-refractivity contribution in [1.82, 2.24) is 10.2 Å². The minimum Gasteiger partial charge on any atom is -0.486 e. The molecule has 2 aromatic carbocycles. The summed E-state index contributed by atoms with van der Waals surface area (Å²) in [6.07, 6.45) is 0. The van der Waals surface area contributed by atoms with E-state index in [1.54, 1.807) is 12.1 Å². The summed E-state index contributed by atoms with van der Waals surface area (Å²) in [5.41, 5.74) is -0.797. The third-order valence-corrected chi connectivity index (χ3v) is 5.81. The molecule has 11 heteroatoms. The van der Waals surface area contributed by atoms with Crippen LogP contribution in [0.25, 0.3) is 0 Å². The highest BCUT2D eigenvalue weighted by Crippen LogP contribution is 2.38. The van der Waals surface area contributed by atoms with E-state index in [-0.39, 0.29) is 15.7 Å². The van der Waals surface area contributed by atoms with Gasteiger partial charge in [0.25, 0.3) is 5.91 Å². The Kier molecular flexibility index (Phi) is 5.63. The van der Waals surface area contributed by atoms with E-state index in [2.05, 4.69) is 10.6 Å². The summed E-state index contributed by atoms with van der Waals surface area (Å²) >= 11 is 18.3. The number of carbonyl (C=O) groups is 3. The minimum atomic E-state index is -1.44. The molecule has 8 nitrogen and oxygen atoms in total. The molecule has 0 aromatic heterocycles. The van der Waals surface area contributed by atoms with Crippen LogP contribution in [0.1, 0.15) is 12.5 Å². The molecule has 2 aliphatic heterocycles. The maximum Gasteiger partial charge on any atom is 0.325 e. The lowest BCUT2D eigenvalue weighted by Crippen LogP contribution is -2.42. The molecule has 4 amide bonds. The van der Waals surface area contributed by atoms with Crippen LogP contribution in [0, 0.1) is 0 Å². The first-order valence-electron chi connectivity index (χ1n) is 9.17. The molecule has 2 aliphatic rings. The van der Waals surface area contributed by atoms with E-state index >= 15 is 0 Å². The third-order valence-electron chi connectivity index (χ3n) is 4.95. The minimum absolute atomic E-state index is 0.220. The van der Waals surface area contributed by atoms with Crippen molar-refractivity contribution in [3.05, 3.63) is 51.0 Å². The van der Waals surface area contributed by atoms with Crippen LogP contribution in [0.2, 0.25) is 15.1 Å².